The summed E-state index contributed by atoms with van der Waals surface area (Å²) in [6.45, 7) is 10.9. The van der Waals surface area contributed by atoms with Gasteiger partial charge in [0.1, 0.15) is 0 Å². The standard InChI is InChI=1S/C15H26N2/c1-6-12(3)9-8-10-15-13(4)11-16-17(15)14(5)7-2/h7,11-12H,6,8-10H2,1-5H3/b14-7+. The van der Waals surface area contributed by atoms with Crippen molar-refractivity contribution in [2.75, 3.05) is 0 Å². The zero-order chi connectivity index (χ0) is 12.8. The van der Waals surface area contributed by atoms with E-state index in [1.807, 2.05) is 6.20 Å². The molecular weight excluding hydrogens is 208 g/mol. The minimum atomic E-state index is 0.842. The fourth-order valence-corrected chi connectivity index (χ4v) is 2.01. The second-order valence-electron chi connectivity index (χ2n) is 5.02. The summed E-state index contributed by atoms with van der Waals surface area (Å²) < 4.78 is 2.09. The maximum absolute atomic E-state index is 4.45. The van der Waals surface area contributed by atoms with Crippen molar-refractivity contribution < 1.29 is 0 Å². The smallest absolute Gasteiger partial charge is 0.0526 e. The summed E-state index contributed by atoms with van der Waals surface area (Å²) in [6, 6.07) is 0. The molecule has 0 spiro atoms. The van der Waals surface area contributed by atoms with Crippen molar-refractivity contribution in [2.45, 2.75) is 60.3 Å². The van der Waals surface area contributed by atoms with E-state index >= 15 is 0 Å². The molecule has 0 saturated carbocycles. The minimum Gasteiger partial charge on any atom is -0.242 e. The number of rotatable bonds is 6. The highest BCUT2D eigenvalue weighted by atomic mass is 15.3. The molecule has 0 bridgehead atoms. The van der Waals surface area contributed by atoms with Crippen LogP contribution in [0.5, 0.6) is 0 Å². The number of aromatic nitrogens is 2. The van der Waals surface area contributed by atoms with Gasteiger partial charge in [-0.2, -0.15) is 5.10 Å². The molecule has 0 N–H and O–H groups in total. The highest BCUT2D eigenvalue weighted by Crippen LogP contribution is 2.17. The van der Waals surface area contributed by atoms with Crippen molar-refractivity contribution in [1.29, 1.82) is 0 Å². The molecule has 1 heterocycles. The van der Waals surface area contributed by atoms with Gasteiger partial charge in [0.25, 0.3) is 0 Å². The van der Waals surface area contributed by atoms with Gasteiger partial charge in [0.2, 0.25) is 0 Å². The molecule has 2 heteroatoms. The molecule has 0 radical (unpaired) electrons. The molecule has 0 amide bonds. The molecule has 0 aromatic carbocycles. The molecule has 96 valence electrons. The maximum Gasteiger partial charge on any atom is 0.0526 e. The minimum absolute atomic E-state index is 0.842. The van der Waals surface area contributed by atoms with E-state index in [4.69, 9.17) is 0 Å². The quantitative estimate of drug-likeness (QED) is 0.711. The molecule has 0 aliphatic heterocycles. The Labute approximate surface area is 106 Å². The van der Waals surface area contributed by atoms with Gasteiger partial charge < -0.3 is 0 Å². The van der Waals surface area contributed by atoms with Gasteiger partial charge in [-0.15, -0.1) is 0 Å². The lowest BCUT2D eigenvalue weighted by Gasteiger charge is -2.11. The van der Waals surface area contributed by atoms with Gasteiger partial charge in [-0.25, -0.2) is 4.68 Å². The van der Waals surface area contributed by atoms with E-state index in [1.165, 1.54) is 36.2 Å². The van der Waals surface area contributed by atoms with Crippen LogP contribution in [0.4, 0.5) is 0 Å². The van der Waals surface area contributed by atoms with Gasteiger partial charge in [-0.05, 0) is 45.1 Å². The third-order valence-corrected chi connectivity index (χ3v) is 3.64. The van der Waals surface area contributed by atoms with Gasteiger partial charge in [0, 0.05) is 11.4 Å². The Bertz CT molecular complexity index is 374. The second-order valence-corrected chi connectivity index (χ2v) is 5.02. The summed E-state index contributed by atoms with van der Waals surface area (Å²) in [5.41, 5.74) is 3.91. The topological polar surface area (TPSA) is 17.8 Å². The lowest BCUT2D eigenvalue weighted by Crippen LogP contribution is -2.04. The predicted molar refractivity (Wildman–Crippen MR) is 75.0 cm³/mol. The summed E-state index contributed by atoms with van der Waals surface area (Å²) in [5, 5.41) is 4.45. The van der Waals surface area contributed by atoms with Crippen LogP contribution in [0.1, 0.15) is 58.2 Å². The van der Waals surface area contributed by atoms with E-state index in [0.29, 0.717) is 0 Å². The van der Waals surface area contributed by atoms with E-state index in [2.05, 4.69) is 50.5 Å². The van der Waals surface area contributed by atoms with Crippen LogP contribution in [0.15, 0.2) is 12.3 Å². The molecule has 17 heavy (non-hydrogen) atoms. The van der Waals surface area contributed by atoms with Gasteiger partial charge in [0.15, 0.2) is 0 Å². The number of nitrogens with zero attached hydrogens (tertiary/aromatic N) is 2. The highest BCUT2D eigenvalue weighted by Gasteiger charge is 2.09. The Morgan fingerprint density at radius 2 is 2.24 bits per heavy atom. The number of hydrogen-bond donors (Lipinski definition) is 0. The highest BCUT2D eigenvalue weighted by molar-refractivity contribution is 5.43. The van der Waals surface area contributed by atoms with Crippen molar-refractivity contribution in [3.63, 3.8) is 0 Å². The molecular formula is C15H26N2. The summed E-state index contributed by atoms with van der Waals surface area (Å²) >= 11 is 0. The van der Waals surface area contributed by atoms with E-state index in [0.717, 1.165) is 12.3 Å². The van der Waals surface area contributed by atoms with E-state index in [-0.39, 0.29) is 0 Å². The molecule has 1 unspecified atom stereocenters. The number of hydrogen-bond acceptors (Lipinski definition) is 1. The largest absolute Gasteiger partial charge is 0.242 e. The van der Waals surface area contributed by atoms with Crippen LogP contribution in [0.25, 0.3) is 5.70 Å². The second kappa shape index (κ2) is 6.63. The lowest BCUT2D eigenvalue weighted by molar-refractivity contribution is 0.492. The van der Waals surface area contributed by atoms with E-state index in [9.17, 15) is 0 Å². The van der Waals surface area contributed by atoms with Crippen LogP contribution in [0.2, 0.25) is 0 Å². The molecule has 0 aliphatic rings. The molecule has 2 nitrogen and oxygen atoms in total. The molecule has 0 fully saturated rings. The molecule has 0 saturated heterocycles. The first-order valence-corrected chi connectivity index (χ1v) is 6.76. The van der Waals surface area contributed by atoms with Gasteiger partial charge >= 0.3 is 0 Å². The Morgan fingerprint density at radius 1 is 1.53 bits per heavy atom. The van der Waals surface area contributed by atoms with Gasteiger partial charge in [-0.1, -0.05) is 32.8 Å². The summed E-state index contributed by atoms with van der Waals surface area (Å²) in [6.07, 6.45) is 9.10. The van der Waals surface area contributed by atoms with Crippen LogP contribution >= 0.6 is 0 Å². The fourth-order valence-electron chi connectivity index (χ4n) is 2.01. The normalized spacial score (nSPS) is 14.1. The summed E-state index contributed by atoms with van der Waals surface area (Å²) in [7, 11) is 0. The molecule has 0 aliphatic carbocycles. The monoisotopic (exact) mass is 234 g/mol. The molecule has 1 aromatic rings. The third-order valence-electron chi connectivity index (χ3n) is 3.64. The SMILES string of the molecule is C/C=C(\C)n1ncc(C)c1CCCC(C)CC. The lowest BCUT2D eigenvalue weighted by atomic mass is 10.00. The average Bonchev–Trinajstić information content (AvgIpc) is 2.70. The molecule has 1 atom stereocenters. The average molecular weight is 234 g/mol. The van der Waals surface area contributed by atoms with Gasteiger partial charge in [-0.3, -0.25) is 0 Å². The predicted octanol–water partition coefficient (Wildman–Crippen LogP) is 4.44. The number of allylic oxidation sites excluding steroid dienone is 2. The number of aryl methyl sites for hydroxylation is 1. The third kappa shape index (κ3) is 3.72. The fraction of sp³-hybridized carbons (Fsp3) is 0.667. The van der Waals surface area contributed by atoms with Crippen LogP contribution in [0.3, 0.4) is 0 Å². The van der Waals surface area contributed by atoms with Crippen LogP contribution in [0, 0.1) is 12.8 Å². The van der Waals surface area contributed by atoms with Crippen molar-refractivity contribution in [1.82, 2.24) is 9.78 Å². The Kier molecular flexibility index (Phi) is 5.46. The molecule has 1 rings (SSSR count). The Balaban J connectivity index is 2.67. The zero-order valence-corrected chi connectivity index (χ0v) is 12.0. The Hall–Kier alpha value is -1.05. The van der Waals surface area contributed by atoms with Crippen molar-refractivity contribution in [3.8, 4) is 0 Å². The first-order valence-electron chi connectivity index (χ1n) is 6.76. The maximum atomic E-state index is 4.45. The van der Waals surface area contributed by atoms with Crippen LogP contribution in [-0.4, -0.2) is 9.78 Å². The van der Waals surface area contributed by atoms with Crippen molar-refractivity contribution in [3.05, 3.63) is 23.5 Å². The Morgan fingerprint density at radius 3 is 2.82 bits per heavy atom. The van der Waals surface area contributed by atoms with Crippen molar-refractivity contribution >= 4 is 5.70 Å². The summed E-state index contributed by atoms with van der Waals surface area (Å²) in [5.74, 6) is 0.842. The van der Waals surface area contributed by atoms with E-state index in [1.54, 1.807) is 0 Å². The van der Waals surface area contributed by atoms with Crippen LogP contribution < -0.4 is 0 Å². The summed E-state index contributed by atoms with van der Waals surface area (Å²) in [4.78, 5) is 0. The zero-order valence-electron chi connectivity index (χ0n) is 12.0. The van der Waals surface area contributed by atoms with Gasteiger partial charge in [0.05, 0.1) is 6.20 Å². The van der Waals surface area contributed by atoms with Crippen LogP contribution in [-0.2, 0) is 6.42 Å². The van der Waals surface area contributed by atoms with E-state index < -0.39 is 0 Å². The first kappa shape index (κ1) is 14.0. The first-order chi connectivity index (χ1) is 8.10. The molecule has 1 aromatic heterocycles. The van der Waals surface area contributed by atoms with Crippen molar-refractivity contribution in [2.24, 2.45) is 5.92 Å².